The maximum atomic E-state index is 13.0. The predicted octanol–water partition coefficient (Wildman–Crippen LogP) is 2.16. The molecule has 1 aromatic heterocycles. The van der Waals surface area contributed by atoms with Crippen molar-refractivity contribution in [3.63, 3.8) is 0 Å². The van der Waals surface area contributed by atoms with Crippen LogP contribution < -0.4 is 10.6 Å². The van der Waals surface area contributed by atoms with Gasteiger partial charge in [-0.05, 0) is 36.8 Å². The Morgan fingerprint density at radius 3 is 2.85 bits per heavy atom. The molecule has 0 radical (unpaired) electrons. The van der Waals surface area contributed by atoms with Gasteiger partial charge in [0.2, 0.25) is 11.9 Å². The number of carbonyl (C=O) groups is 2. The highest BCUT2D eigenvalue weighted by atomic mass is 19.1. The first kappa shape index (κ1) is 20.6. The molecular formula is C19H26FN5O2. The molecule has 2 rings (SSSR count). The number of carbonyl (C=O) groups excluding carboxylic acids is 2. The van der Waals surface area contributed by atoms with E-state index in [1.54, 1.807) is 11.0 Å². The van der Waals surface area contributed by atoms with Crippen LogP contribution in [0.1, 0.15) is 44.6 Å². The van der Waals surface area contributed by atoms with Gasteiger partial charge in [-0.25, -0.2) is 9.78 Å². The average molecular weight is 375 g/mol. The van der Waals surface area contributed by atoms with Crippen LogP contribution in [0.5, 0.6) is 0 Å². The van der Waals surface area contributed by atoms with E-state index in [0.717, 1.165) is 18.4 Å². The monoisotopic (exact) mass is 375 g/mol. The Morgan fingerprint density at radius 2 is 2.22 bits per heavy atom. The molecule has 0 aromatic carbocycles. The van der Waals surface area contributed by atoms with Crippen LogP contribution in [0.4, 0.5) is 9.18 Å². The van der Waals surface area contributed by atoms with Gasteiger partial charge in [0, 0.05) is 25.2 Å². The molecule has 1 fully saturated rings. The summed E-state index contributed by atoms with van der Waals surface area (Å²) >= 11 is 0. The van der Waals surface area contributed by atoms with Crippen molar-refractivity contribution < 1.29 is 14.0 Å². The molecule has 146 valence electrons. The molecule has 1 saturated heterocycles. The molecule has 1 aromatic rings. The molecule has 3 amide bonds. The van der Waals surface area contributed by atoms with Gasteiger partial charge in [0.15, 0.2) is 0 Å². The fraction of sp³-hybridized carbons (Fsp3) is 0.579. The summed E-state index contributed by atoms with van der Waals surface area (Å²) < 4.78 is 13.0. The van der Waals surface area contributed by atoms with Crippen molar-refractivity contribution in [1.29, 1.82) is 5.26 Å². The first-order valence-electron chi connectivity index (χ1n) is 9.22. The Hall–Kier alpha value is -2.69. The fourth-order valence-corrected chi connectivity index (χ4v) is 3.26. The van der Waals surface area contributed by atoms with Crippen LogP contribution in [0.15, 0.2) is 18.3 Å². The summed E-state index contributed by atoms with van der Waals surface area (Å²) in [4.78, 5) is 30.3. The number of nitrogens with one attached hydrogen (secondary N) is 2. The molecule has 1 aliphatic heterocycles. The van der Waals surface area contributed by atoms with Gasteiger partial charge < -0.3 is 15.5 Å². The topological polar surface area (TPSA) is 98.1 Å². The first-order valence-corrected chi connectivity index (χ1v) is 9.22. The maximum Gasteiger partial charge on any atom is 0.318 e. The van der Waals surface area contributed by atoms with Crippen molar-refractivity contribution in [1.82, 2.24) is 20.5 Å². The van der Waals surface area contributed by atoms with Gasteiger partial charge in [0.1, 0.15) is 12.6 Å². The van der Waals surface area contributed by atoms with Crippen LogP contribution in [0, 0.1) is 23.2 Å². The standard InChI is InChI=1S/C19H26FN5O2/c1-13(2)10-16(18(26)22-8-7-21)24-19(27)25-9-3-4-15(12-25)14-5-6-17(20)23-11-14/h5-6,11,13,15-16H,3-4,8-10,12H2,1-2H3,(H,22,26)(H,24,27). The summed E-state index contributed by atoms with van der Waals surface area (Å²) in [6.07, 6.45) is 3.72. The van der Waals surface area contributed by atoms with Crippen LogP contribution in [-0.4, -0.2) is 47.5 Å². The summed E-state index contributed by atoms with van der Waals surface area (Å²) in [6, 6.07) is 3.91. The molecule has 2 N–H and O–H groups in total. The molecule has 2 heterocycles. The summed E-state index contributed by atoms with van der Waals surface area (Å²) in [5.74, 6) is -0.574. The number of likely N-dealkylation sites (tertiary alicyclic amines) is 1. The van der Waals surface area contributed by atoms with Crippen molar-refractivity contribution in [3.05, 3.63) is 29.8 Å². The first-order chi connectivity index (χ1) is 12.9. The lowest BCUT2D eigenvalue weighted by atomic mass is 9.92. The number of urea groups is 1. The van der Waals surface area contributed by atoms with Gasteiger partial charge in [-0.15, -0.1) is 0 Å². The number of nitriles is 1. The smallest absolute Gasteiger partial charge is 0.318 e. The number of aromatic nitrogens is 1. The lowest BCUT2D eigenvalue weighted by molar-refractivity contribution is -0.123. The summed E-state index contributed by atoms with van der Waals surface area (Å²) in [5.41, 5.74) is 0.902. The summed E-state index contributed by atoms with van der Waals surface area (Å²) in [7, 11) is 0. The van der Waals surface area contributed by atoms with Crippen LogP contribution in [0.25, 0.3) is 0 Å². The van der Waals surface area contributed by atoms with Crippen molar-refractivity contribution in [2.45, 2.75) is 45.1 Å². The zero-order valence-corrected chi connectivity index (χ0v) is 15.7. The maximum absolute atomic E-state index is 13.0. The number of hydrogen-bond acceptors (Lipinski definition) is 4. The highest BCUT2D eigenvalue weighted by Gasteiger charge is 2.28. The van der Waals surface area contributed by atoms with E-state index in [1.165, 1.54) is 12.3 Å². The van der Waals surface area contributed by atoms with E-state index in [2.05, 4.69) is 15.6 Å². The number of rotatable bonds is 6. The minimum atomic E-state index is -0.682. The zero-order chi connectivity index (χ0) is 19.8. The van der Waals surface area contributed by atoms with Crippen LogP contribution in [-0.2, 0) is 4.79 Å². The van der Waals surface area contributed by atoms with E-state index < -0.39 is 12.0 Å². The number of nitrogens with zero attached hydrogens (tertiary/aromatic N) is 3. The molecule has 2 atom stereocenters. The van der Waals surface area contributed by atoms with Gasteiger partial charge in [0.25, 0.3) is 0 Å². The van der Waals surface area contributed by atoms with Crippen LogP contribution >= 0.6 is 0 Å². The highest BCUT2D eigenvalue weighted by molar-refractivity contribution is 5.87. The minimum absolute atomic E-state index is 0.0906. The quantitative estimate of drug-likeness (QED) is 0.588. The summed E-state index contributed by atoms with van der Waals surface area (Å²) in [6.45, 7) is 4.94. The molecule has 7 nitrogen and oxygen atoms in total. The normalized spacial score (nSPS) is 17.9. The van der Waals surface area contributed by atoms with E-state index >= 15 is 0 Å². The molecular weight excluding hydrogens is 349 g/mol. The predicted molar refractivity (Wildman–Crippen MR) is 98.1 cm³/mol. The number of halogens is 1. The summed E-state index contributed by atoms with van der Waals surface area (Å²) in [5, 5.41) is 13.9. The lowest BCUT2D eigenvalue weighted by Gasteiger charge is -2.34. The third kappa shape index (κ3) is 6.20. The largest absolute Gasteiger partial charge is 0.341 e. The zero-order valence-electron chi connectivity index (χ0n) is 15.7. The molecule has 27 heavy (non-hydrogen) atoms. The molecule has 0 saturated carbocycles. The van der Waals surface area contributed by atoms with E-state index in [1.807, 2.05) is 19.9 Å². The molecule has 1 aliphatic rings. The third-order valence-corrected chi connectivity index (χ3v) is 4.59. The number of pyridine rings is 1. The Kier molecular flexibility index (Phi) is 7.53. The average Bonchev–Trinajstić information content (AvgIpc) is 2.65. The second kappa shape index (κ2) is 9.86. The number of amides is 3. The van der Waals surface area contributed by atoms with Crippen LogP contribution in [0.3, 0.4) is 0 Å². The third-order valence-electron chi connectivity index (χ3n) is 4.59. The van der Waals surface area contributed by atoms with Crippen molar-refractivity contribution in [2.24, 2.45) is 5.92 Å². The Balaban J connectivity index is 2.00. The highest BCUT2D eigenvalue weighted by Crippen LogP contribution is 2.26. The van der Waals surface area contributed by atoms with Crippen molar-refractivity contribution in [3.8, 4) is 6.07 Å². The minimum Gasteiger partial charge on any atom is -0.341 e. The SMILES string of the molecule is CC(C)CC(NC(=O)N1CCCC(c2ccc(F)nc2)C1)C(=O)NCC#N. The Bertz CT molecular complexity index is 686. The van der Waals surface area contributed by atoms with E-state index in [9.17, 15) is 14.0 Å². The molecule has 0 bridgehead atoms. The van der Waals surface area contributed by atoms with Crippen molar-refractivity contribution >= 4 is 11.9 Å². The Labute approximate surface area is 158 Å². The van der Waals surface area contributed by atoms with E-state index in [0.29, 0.717) is 19.5 Å². The van der Waals surface area contributed by atoms with Gasteiger partial charge in [0.05, 0.1) is 6.07 Å². The van der Waals surface area contributed by atoms with Crippen LogP contribution in [0.2, 0.25) is 0 Å². The second-order valence-corrected chi connectivity index (χ2v) is 7.21. The van der Waals surface area contributed by atoms with Crippen molar-refractivity contribution in [2.75, 3.05) is 19.6 Å². The Morgan fingerprint density at radius 1 is 1.44 bits per heavy atom. The van der Waals surface area contributed by atoms with Gasteiger partial charge in [-0.1, -0.05) is 19.9 Å². The van der Waals surface area contributed by atoms with Gasteiger partial charge >= 0.3 is 6.03 Å². The number of piperidine rings is 1. The van der Waals surface area contributed by atoms with Gasteiger partial charge in [-0.2, -0.15) is 9.65 Å². The number of hydrogen-bond donors (Lipinski definition) is 2. The second-order valence-electron chi connectivity index (χ2n) is 7.21. The van der Waals surface area contributed by atoms with E-state index in [4.69, 9.17) is 5.26 Å². The van der Waals surface area contributed by atoms with E-state index in [-0.39, 0.29) is 30.3 Å². The molecule has 0 aliphatic carbocycles. The van der Waals surface area contributed by atoms with Gasteiger partial charge in [-0.3, -0.25) is 4.79 Å². The molecule has 0 spiro atoms. The lowest BCUT2D eigenvalue weighted by Crippen LogP contribution is -2.53. The molecule has 8 heteroatoms. The molecule has 2 unspecified atom stereocenters. The fourth-order valence-electron chi connectivity index (χ4n) is 3.26.